The Labute approximate surface area is 134 Å². The molecular formula is C14H19N5O3S. The lowest BCUT2D eigenvalue weighted by atomic mass is 10.2. The van der Waals surface area contributed by atoms with Crippen molar-refractivity contribution in [3.63, 3.8) is 0 Å². The van der Waals surface area contributed by atoms with E-state index in [1.807, 2.05) is 44.2 Å². The van der Waals surface area contributed by atoms with Crippen molar-refractivity contribution in [2.75, 3.05) is 0 Å². The fraction of sp³-hybridized carbons (Fsp3) is 0.429. The number of sulfonamides is 1. The Balaban J connectivity index is 1.68. The van der Waals surface area contributed by atoms with Crippen molar-refractivity contribution < 1.29 is 12.9 Å². The highest BCUT2D eigenvalue weighted by atomic mass is 32.2. The molecule has 124 valence electrons. The first-order valence-electron chi connectivity index (χ1n) is 7.35. The Kier molecular flexibility index (Phi) is 4.44. The van der Waals surface area contributed by atoms with Gasteiger partial charge in [0.2, 0.25) is 21.7 Å². The van der Waals surface area contributed by atoms with E-state index in [0.717, 1.165) is 5.56 Å². The number of benzene rings is 1. The van der Waals surface area contributed by atoms with Gasteiger partial charge in [-0.25, -0.2) is 13.1 Å². The first kappa shape index (κ1) is 16.1. The zero-order valence-electron chi connectivity index (χ0n) is 12.9. The Morgan fingerprint density at radius 1 is 1.17 bits per heavy atom. The van der Waals surface area contributed by atoms with E-state index in [0.29, 0.717) is 5.82 Å². The maximum atomic E-state index is 12.4. The molecule has 1 fully saturated rings. The number of hydrazine groups is 1. The molecule has 0 saturated carbocycles. The minimum absolute atomic E-state index is 0.0297. The van der Waals surface area contributed by atoms with Crippen LogP contribution in [0.15, 0.2) is 34.9 Å². The van der Waals surface area contributed by atoms with E-state index in [4.69, 9.17) is 4.52 Å². The summed E-state index contributed by atoms with van der Waals surface area (Å²) in [6.07, 6.45) is 0. The third kappa shape index (κ3) is 3.42. The van der Waals surface area contributed by atoms with E-state index in [1.54, 1.807) is 0 Å². The van der Waals surface area contributed by atoms with E-state index in [1.165, 1.54) is 0 Å². The van der Waals surface area contributed by atoms with Crippen LogP contribution in [0.5, 0.6) is 0 Å². The van der Waals surface area contributed by atoms with Crippen molar-refractivity contribution in [1.29, 1.82) is 0 Å². The first-order valence-corrected chi connectivity index (χ1v) is 8.89. The van der Waals surface area contributed by atoms with Gasteiger partial charge >= 0.3 is 0 Å². The molecule has 0 bridgehead atoms. The van der Waals surface area contributed by atoms with Crippen LogP contribution in [0.1, 0.15) is 19.7 Å². The number of aromatic nitrogens is 2. The fourth-order valence-electron chi connectivity index (χ4n) is 2.69. The molecule has 3 rings (SSSR count). The van der Waals surface area contributed by atoms with Gasteiger partial charge in [0, 0.05) is 17.6 Å². The summed E-state index contributed by atoms with van der Waals surface area (Å²) >= 11 is 0. The normalized spacial score (nSPS) is 24.9. The van der Waals surface area contributed by atoms with Crippen LogP contribution >= 0.6 is 0 Å². The van der Waals surface area contributed by atoms with E-state index >= 15 is 0 Å². The van der Waals surface area contributed by atoms with Crippen LogP contribution in [0.4, 0.5) is 0 Å². The SMILES string of the molecule is CC1NNC(C)C1S(=O)(=O)NCc1nc(-c2ccccc2)no1. The second-order valence-corrected chi connectivity index (χ2v) is 7.50. The molecule has 3 N–H and O–H groups in total. The molecule has 1 aromatic carbocycles. The number of hydrogen-bond donors (Lipinski definition) is 3. The molecule has 1 saturated heterocycles. The van der Waals surface area contributed by atoms with Crippen molar-refractivity contribution in [1.82, 2.24) is 25.7 Å². The molecule has 1 aliphatic heterocycles. The number of nitrogens with zero attached hydrogens (tertiary/aromatic N) is 2. The summed E-state index contributed by atoms with van der Waals surface area (Å²) in [5.74, 6) is 0.664. The van der Waals surface area contributed by atoms with E-state index < -0.39 is 15.3 Å². The lowest BCUT2D eigenvalue weighted by Crippen LogP contribution is -2.44. The summed E-state index contributed by atoms with van der Waals surface area (Å²) < 4.78 is 32.5. The van der Waals surface area contributed by atoms with Gasteiger partial charge in [-0.3, -0.25) is 10.9 Å². The number of nitrogens with one attached hydrogen (secondary N) is 3. The van der Waals surface area contributed by atoms with Gasteiger partial charge in [0.15, 0.2) is 0 Å². The van der Waals surface area contributed by atoms with Crippen LogP contribution < -0.4 is 15.6 Å². The predicted octanol–water partition coefficient (Wildman–Crippen LogP) is 0.409. The van der Waals surface area contributed by atoms with Gasteiger partial charge in [-0.2, -0.15) is 4.98 Å². The zero-order chi connectivity index (χ0) is 16.4. The Bertz CT molecular complexity index is 752. The van der Waals surface area contributed by atoms with Crippen LogP contribution in [0.2, 0.25) is 0 Å². The van der Waals surface area contributed by atoms with Crippen LogP contribution in [0, 0.1) is 0 Å². The maximum absolute atomic E-state index is 12.4. The van der Waals surface area contributed by atoms with Gasteiger partial charge in [-0.15, -0.1) is 0 Å². The van der Waals surface area contributed by atoms with Crippen molar-refractivity contribution in [3.05, 3.63) is 36.2 Å². The first-order chi connectivity index (χ1) is 11.0. The summed E-state index contributed by atoms with van der Waals surface area (Å²) in [4.78, 5) is 4.21. The molecule has 8 nitrogen and oxygen atoms in total. The van der Waals surface area contributed by atoms with Crippen molar-refractivity contribution in [2.24, 2.45) is 0 Å². The molecule has 2 heterocycles. The average molecular weight is 337 g/mol. The third-order valence-corrected chi connectivity index (χ3v) is 5.89. The fourth-order valence-corrected chi connectivity index (χ4v) is 4.42. The summed E-state index contributed by atoms with van der Waals surface area (Å²) in [7, 11) is -3.51. The quantitative estimate of drug-likeness (QED) is 0.725. The monoisotopic (exact) mass is 337 g/mol. The zero-order valence-corrected chi connectivity index (χ0v) is 13.7. The second-order valence-electron chi connectivity index (χ2n) is 5.57. The molecule has 0 aliphatic carbocycles. The largest absolute Gasteiger partial charge is 0.338 e. The molecule has 2 atom stereocenters. The second kappa shape index (κ2) is 6.36. The van der Waals surface area contributed by atoms with Crippen LogP contribution in [-0.4, -0.2) is 35.9 Å². The van der Waals surface area contributed by atoms with E-state index in [-0.39, 0.29) is 24.5 Å². The number of rotatable bonds is 5. The van der Waals surface area contributed by atoms with Crippen molar-refractivity contribution in [3.8, 4) is 11.4 Å². The minimum atomic E-state index is -3.51. The predicted molar refractivity (Wildman–Crippen MR) is 84.5 cm³/mol. The standard InChI is InChI=1S/C14H19N5O3S/c1-9-13(10(2)18-17-9)23(20,21)15-8-12-16-14(19-22-12)11-6-4-3-5-7-11/h3-7,9-10,13,15,17-18H,8H2,1-2H3. The van der Waals surface area contributed by atoms with Crippen molar-refractivity contribution >= 4 is 10.0 Å². The average Bonchev–Trinajstić information content (AvgIpc) is 3.13. The summed E-state index contributed by atoms with van der Waals surface area (Å²) in [5, 5.41) is 3.30. The van der Waals surface area contributed by atoms with Gasteiger partial charge < -0.3 is 4.52 Å². The molecule has 1 aliphatic rings. The molecule has 23 heavy (non-hydrogen) atoms. The van der Waals surface area contributed by atoms with Crippen LogP contribution in [0.25, 0.3) is 11.4 Å². The Hall–Kier alpha value is -1.81. The maximum Gasteiger partial charge on any atom is 0.242 e. The highest BCUT2D eigenvalue weighted by Gasteiger charge is 2.40. The third-order valence-electron chi connectivity index (χ3n) is 3.81. The molecule has 0 radical (unpaired) electrons. The highest BCUT2D eigenvalue weighted by molar-refractivity contribution is 7.90. The lowest BCUT2D eigenvalue weighted by molar-refractivity contribution is 0.375. The smallest absolute Gasteiger partial charge is 0.242 e. The summed E-state index contributed by atoms with van der Waals surface area (Å²) in [6.45, 7) is 3.61. The minimum Gasteiger partial charge on any atom is -0.338 e. The van der Waals surface area contributed by atoms with Crippen LogP contribution in [0.3, 0.4) is 0 Å². The Morgan fingerprint density at radius 2 is 1.83 bits per heavy atom. The molecule has 2 unspecified atom stereocenters. The van der Waals surface area contributed by atoms with Crippen LogP contribution in [-0.2, 0) is 16.6 Å². The molecule has 0 spiro atoms. The molecule has 1 aromatic heterocycles. The topological polar surface area (TPSA) is 109 Å². The van der Waals surface area contributed by atoms with Crippen molar-refractivity contribution in [2.45, 2.75) is 37.7 Å². The van der Waals surface area contributed by atoms with E-state index in [2.05, 4.69) is 25.7 Å². The molecule has 9 heteroatoms. The summed E-state index contributed by atoms with van der Waals surface area (Å²) in [6, 6.07) is 8.98. The molecular weight excluding hydrogens is 318 g/mol. The van der Waals surface area contributed by atoms with E-state index in [9.17, 15) is 8.42 Å². The highest BCUT2D eigenvalue weighted by Crippen LogP contribution is 2.17. The molecule has 2 aromatic rings. The van der Waals surface area contributed by atoms with Gasteiger partial charge in [-0.1, -0.05) is 35.5 Å². The number of hydrogen-bond acceptors (Lipinski definition) is 7. The van der Waals surface area contributed by atoms with Gasteiger partial charge in [0.05, 0.1) is 6.54 Å². The molecule has 0 amide bonds. The van der Waals surface area contributed by atoms with Gasteiger partial charge in [-0.05, 0) is 13.8 Å². The lowest BCUT2D eigenvalue weighted by Gasteiger charge is -2.18. The Morgan fingerprint density at radius 3 is 2.48 bits per heavy atom. The van der Waals surface area contributed by atoms with Gasteiger partial charge in [0.1, 0.15) is 5.25 Å². The van der Waals surface area contributed by atoms with Gasteiger partial charge in [0.25, 0.3) is 0 Å². The summed E-state index contributed by atoms with van der Waals surface area (Å²) in [5.41, 5.74) is 6.67.